The molecule has 0 fully saturated rings. The predicted octanol–water partition coefficient (Wildman–Crippen LogP) is 4.45. The average molecular weight is 409 g/mol. The molecule has 1 amide bonds. The number of aromatic nitrogens is 1. The second-order valence-electron chi connectivity index (χ2n) is 6.32. The van der Waals surface area contributed by atoms with Crippen LogP contribution in [0.4, 0.5) is 5.69 Å². The van der Waals surface area contributed by atoms with Crippen LogP contribution in [0.1, 0.15) is 21.5 Å². The first-order valence-electron chi connectivity index (χ1n) is 8.97. The van der Waals surface area contributed by atoms with Gasteiger partial charge in [-0.15, -0.1) is 0 Å². The number of aliphatic imine (C=N–C) groups is 1. The van der Waals surface area contributed by atoms with Crippen molar-refractivity contribution in [2.45, 2.75) is 13.5 Å². The summed E-state index contributed by atoms with van der Waals surface area (Å²) in [5, 5.41) is 6.48. The summed E-state index contributed by atoms with van der Waals surface area (Å²) in [4.78, 5) is 21.3. The molecule has 1 heterocycles. The van der Waals surface area contributed by atoms with Crippen molar-refractivity contribution in [3.05, 3.63) is 88.7 Å². The summed E-state index contributed by atoms with van der Waals surface area (Å²) >= 11 is 6.12. The summed E-state index contributed by atoms with van der Waals surface area (Å²) in [5.41, 5.74) is 3.04. The van der Waals surface area contributed by atoms with E-state index in [0.29, 0.717) is 28.6 Å². The first kappa shape index (κ1) is 20.4. The highest BCUT2D eigenvalue weighted by atomic mass is 35.5. The number of carbonyl (C=O) groups is 1. The Hall–Kier alpha value is -3.38. The van der Waals surface area contributed by atoms with E-state index in [2.05, 4.69) is 20.6 Å². The fourth-order valence-corrected chi connectivity index (χ4v) is 2.82. The minimum atomic E-state index is -0.271. The van der Waals surface area contributed by atoms with Gasteiger partial charge < -0.3 is 10.1 Å². The third-order valence-electron chi connectivity index (χ3n) is 4.07. The van der Waals surface area contributed by atoms with Crippen LogP contribution in [0.3, 0.4) is 0 Å². The number of anilines is 1. The number of benzene rings is 2. The molecule has 0 aliphatic carbocycles. The molecule has 0 bridgehead atoms. The van der Waals surface area contributed by atoms with Crippen LogP contribution >= 0.6 is 11.6 Å². The molecule has 6 nitrogen and oxygen atoms in total. The number of amides is 1. The van der Waals surface area contributed by atoms with Gasteiger partial charge in [-0.2, -0.15) is 0 Å². The van der Waals surface area contributed by atoms with Gasteiger partial charge >= 0.3 is 0 Å². The lowest BCUT2D eigenvalue weighted by Crippen LogP contribution is -2.36. The molecule has 2 N–H and O–H groups in total. The van der Waals surface area contributed by atoms with Crippen LogP contribution in [0.5, 0.6) is 5.75 Å². The second kappa shape index (κ2) is 9.71. The van der Waals surface area contributed by atoms with Gasteiger partial charge in [-0.25, -0.2) is 4.99 Å². The lowest BCUT2D eigenvalue weighted by molar-refractivity contribution is 0.0977. The third-order valence-corrected chi connectivity index (χ3v) is 4.30. The molecule has 0 spiro atoms. The molecular weight excluding hydrogens is 388 g/mol. The Morgan fingerprint density at radius 1 is 1.17 bits per heavy atom. The van der Waals surface area contributed by atoms with E-state index in [4.69, 9.17) is 16.3 Å². The van der Waals surface area contributed by atoms with Crippen LogP contribution in [0.15, 0.2) is 72.0 Å². The zero-order valence-corrected chi connectivity index (χ0v) is 16.9. The van der Waals surface area contributed by atoms with Gasteiger partial charge in [-0.1, -0.05) is 35.4 Å². The van der Waals surface area contributed by atoms with Crippen LogP contribution < -0.4 is 15.4 Å². The summed E-state index contributed by atoms with van der Waals surface area (Å²) in [7, 11) is 1.56. The van der Waals surface area contributed by atoms with Crippen LogP contribution in [0.25, 0.3) is 0 Å². The minimum Gasteiger partial charge on any atom is -0.495 e. The summed E-state index contributed by atoms with van der Waals surface area (Å²) in [6, 6.07) is 16.3. The molecule has 0 saturated heterocycles. The SMILES string of the molecule is COc1ccc(Cl)cc1NC(=NCc1cccnc1)NC(=O)c1cccc(C)c1. The Balaban J connectivity index is 1.87. The minimum absolute atomic E-state index is 0.271. The van der Waals surface area contributed by atoms with Crippen molar-refractivity contribution in [3.8, 4) is 5.75 Å². The maximum atomic E-state index is 12.7. The van der Waals surface area contributed by atoms with E-state index in [1.807, 2.05) is 37.3 Å². The molecule has 7 heteroatoms. The topological polar surface area (TPSA) is 75.6 Å². The fourth-order valence-electron chi connectivity index (χ4n) is 2.64. The Bertz CT molecular complexity index is 1020. The largest absolute Gasteiger partial charge is 0.495 e. The third kappa shape index (κ3) is 5.80. The monoisotopic (exact) mass is 408 g/mol. The van der Waals surface area contributed by atoms with E-state index in [1.165, 1.54) is 0 Å². The van der Waals surface area contributed by atoms with Crippen molar-refractivity contribution >= 4 is 29.2 Å². The van der Waals surface area contributed by atoms with Crippen LogP contribution in [0, 0.1) is 6.92 Å². The number of halogens is 1. The number of nitrogens with one attached hydrogen (secondary N) is 2. The van der Waals surface area contributed by atoms with Gasteiger partial charge in [0.25, 0.3) is 5.91 Å². The first-order chi connectivity index (χ1) is 14.0. The van der Waals surface area contributed by atoms with Crippen molar-refractivity contribution in [2.75, 3.05) is 12.4 Å². The number of hydrogen-bond donors (Lipinski definition) is 2. The van der Waals surface area contributed by atoms with Gasteiger partial charge in [0.2, 0.25) is 5.96 Å². The number of rotatable bonds is 5. The molecule has 29 heavy (non-hydrogen) atoms. The van der Waals surface area contributed by atoms with Crippen LogP contribution in [0.2, 0.25) is 5.02 Å². The maximum absolute atomic E-state index is 12.7. The summed E-state index contributed by atoms with van der Waals surface area (Å²) in [6.07, 6.45) is 3.42. The van der Waals surface area contributed by atoms with Crippen LogP contribution in [-0.4, -0.2) is 24.0 Å². The smallest absolute Gasteiger partial charge is 0.257 e. The van der Waals surface area contributed by atoms with E-state index in [9.17, 15) is 4.79 Å². The van der Waals surface area contributed by atoms with Crippen molar-refractivity contribution in [1.82, 2.24) is 10.3 Å². The summed E-state index contributed by atoms with van der Waals surface area (Å²) < 4.78 is 5.37. The number of carbonyl (C=O) groups excluding carboxylic acids is 1. The fraction of sp³-hybridized carbons (Fsp3) is 0.136. The van der Waals surface area contributed by atoms with Crippen LogP contribution in [-0.2, 0) is 6.54 Å². The molecule has 0 saturated carbocycles. The molecule has 0 unspecified atom stereocenters. The number of nitrogens with zero attached hydrogens (tertiary/aromatic N) is 2. The Kier molecular flexibility index (Phi) is 6.81. The average Bonchev–Trinajstić information content (AvgIpc) is 2.73. The van der Waals surface area contributed by atoms with Gasteiger partial charge in [-0.05, 0) is 48.9 Å². The van der Waals surface area contributed by atoms with E-state index in [1.54, 1.807) is 43.8 Å². The zero-order valence-electron chi connectivity index (χ0n) is 16.1. The lowest BCUT2D eigenvalue weighted by Gasteiger charge is -2.15. The molecule has 3 rings (SSSR count). The molecule has 1 aromatic heterocycles. The molecule has 148 valence electrons. The highest BCUT2D eigenvalue weighted by Crippen LogP contribution is 2.27. The summed E-state index contributed by atoms with van der Waals surface area (Å²) in [6.45, 7) is 2.27. The Morgan fingerprint density at radius 2 is 2.03 bits per heavy atom. The van der Waals surface area contributed by atoms with Gasteiger partial charge in [0.15, 0.2) is 0 Å². The number of guanidine groups is 1. The molecule has 0 radical (unpaired) electrons. The standard InChI is InChI=1S/C22H21ClN4O2/c1-15-5-3-7-17(11-15)21(28)27-22(25-14-16-6-4-10-24-13-16)26-19-12-18(23)8-9-20(19)29-2/h3-13H,14H2,1-2H3,(H2,25,26,27,28). The number of ether oxygens (including phenoxy) is 1. The van der Waals surface area contributed by atoms with Crippen molar-refractivity contribution in [1.29, 1.82) is 0 Å². The normalized spacial score (nSPS) is 11.1. The highest BCUT2D eigenvalue weighted by molar-refractivity contribution is 6.31. The Labute approximate surface area is 174 Å². The predicted molar refractivity (Wildman–Crippen MR) is 116 cm³/mol. The van der Waals surface area contributed by atoms with E-state index >= 15 is 0 Å². The van der Waals surface area contributed by atoms with Crippen molar-refractivity contribution < 1.29 is 9.53 Å². The quantitative estimate of drug-likeness (QED) is 0.483. The zero-order chi connectivity index (χ0) is 20.6. The van der Waals surface area contributed by atoms with Gasteiger partial charge in [-0.3, -0.25) is 15.1 Å². The molecule has 0 aliphatic heterocycles. The maximum Gasteiger partial charge on any atom is 0.257 e. The molecule has 2 aromatic carbocycles. The number of pyridine rings is 1. The first-order valence-corrected chi connectivity index (χ1v) is 9.35. The lowest BCUT2D eigenvalue weighted by atomic mass is 10.1. The van der Waals surface area contributed by atoms with Gasteiger partial charge in [0.05, 0.1) is 19.3 Å². The Morgan fingerprint density at radius 3 is 2.76 bits per heavy atom. The van der Waals surface area contributed by atoms with E-state index < -0.39 is 0 Å². The second-order valence-corrected chi connectivity index (χ2v) is 6.76. The van der Waals surface area contributed by atoms with Crippen molar-refractivity contribution in [3.63, 3.8) is 0 Å². The molecule has 3 aromatic rings. The van der Waals surface area contributed by atoms with Gasteiger partial charge in [0, 0.05) is 23.0 Å². The number of aryl methyl sites for hydroxylation is 1. The van der Waals surface area contributed by atoms with E-state index in [0.717, 1.165) is 11.1 Å². The van der Waals surface area contributed by atoms with Crippen molar-refractivity contribution in [2.24, 2.45) is 4.99 Å². The molecule has 0 atom stereocenters. The number of hydrogen-bond acceptors (Lipinski definition) is 4. The van der Waals surface area contributed by atoms with E-state index in [-0.39, 0.29) is 11.9 Å². The summed E-state index contributed by atoms with van der Waals surface area (Å²) in [5.74, 6) is 0.585. The van der Waals surface area contributed by atoms with Gasteiger partial charge in [0.1, 0.15) is 5.75 Å². The molecule has 0 aliphatic rings. The number of methoxy groups -OCH3 is 1. The molecular formula is C22H21ClN4O2. The highest BCUT2D eigenvalue weighted by Gasteiger charge is 2.12.